The van der Waals surface area contributed by atoms with Gasteiger partial charge in [0, 0.05) is 26.2 Å². The van der Waals surface area contributed by atoms with E-state index in [1.807, 2.05) is 12.1 Å². The van der Waals surface area contributed by atoms with Crippen molar-refractivity contribution in [2.75, 3.05) is 38.7 Å². The van der Waals surface area contributed by atoms with Crippen molar-refractivity contribution in [3.05, 3.63) is 22.8 Å². The van der Waals surface area contributed by atoms with Gasteiger partial charge in [-0.2, -0.15) is 0 Å². The summed E-state index contributed by atoms with van der Waals surface area (Å²) >= 11 is 6.24. The molecule has 1 aromatic rings. The molecular formula is C16H26ClN3O. The molecule has 1 aromatic heterocycles. The maximum atomic E-state index is 6.24. The van der Waals surface area contributed by atoms with Crippen molar-refractivity contribution in [3.8, 4) is 0 Å². The lowest BCUT2D eigenvalue weighted by atomic mass is 10.3. The number of nitrogens with one attached hydrogen (secondary N) is 1. The summed E-state index contributed by atoms with van der Waals surface area (Å²) in [5.41, 5.74) is 0.919. The van der Waals surface area contributed by atoms with Crippen molar-refractivity contribution in [1.29, 1.82) is 0 Å². The third-order valence-corrected chi connectivity index (χ3v) is 3.91. The van der Waals surface area contributed by atoms with Crippen molar-refractivity contribution in [3.63, 3.8) is 0 Å². The fraction of sp³-hybridized carbons (Fsp3) is 0.688. The molecule has 2 rings (SSSR count). The highest BCUT2D eigenvalue weighted by Gasteiger charge is 2.21. The highest BCUT2D eigenvalue weighted by molar-refractivity contribution is 6.31. The van der Waals surface area contributed by atoms with Crippen LogP contribution in [-0.2, 0) is 11.3 Å². The van der Waals surface area contributed by atoms with Crippen LogP contribution in [0.3, 0.4) is 0 Å². The number of hydrogen-bond acceptors (Lipinski definition) is 4. The Bertz CT molecular complexity index is 438. The molecule has 0 bridgehead atoms. The summed E-state index contributed by atoms with van der Waals surface area (Å²) in [7, 11) is 2.07. The molecule has 118 valence electrons. The van der Waals surface area contributed by atoms with E-state index >= 15 is 0 Å². The van der Waals surface area contributed by atoms with Crippen LogP contribution in [0.4, 0.5) is 5.82 Å². The van der Waals surface area contributed by atoms with Crippen molar-refractivity contribution >= 4 is 17.4 Å². The summed E-state index contributed by atoms with van der Waals surface area (Å²) in [6.07, 6.45) is 3.76. The number of hydrogen-bond donors (Lipinski definition) is 1. The smallest absolute Gasteiger partial charge is 0.126 e. The number of halogens is 1. The summed E-state index contributed by atoms with van der Waals surface area (Å²) < 4.78 is 5.67. The molecule has 0 atom stereocenters. The lowest BCUT2D eigenvalue weighted by Crippen LogP contribution is -2.24. The first-order chi connectivity index (χ1) is 10.2. The molecule has 1 aliphatic rings. The lowest BCUT2D eigenvalue weighted by molar-refractivity contribution is 0.101. The van der Waals surface area contributed by atoms with E-state index in [-0.39, 0.29) is 0 Å². The van der Waals surface area contributed by atoms with Gasteiger partial charge in [0.25, 0.3) is 0 Å². The van der Waals surface area contributed by atoms with Gasteiger partial charge in [0.05, 0.1) is 17.3 Å². The number of likely N-dealkylation sites (N-methyl/N-ethyl adjacent to an activating group) is 1. The number of nitrogens with zero attached hydrogens (tertiary/aromatic N) is 2. The Balaban J connectivity index is 1.76. The second-order valence-corrected chi connectivity index (χ2v) is 6.22. The highest BCUT2D eigenvalue weighted by Crippen LogP contribution is 2.28. The molecule has 0 aliphatic heterocycles. The third-order valence-electron chi connectivity index (χ3n) is 3.56. The molecule has 1 aliphatic carbocycles. The molecule has 21 heavy (non-hydrogen) atoms. The molecule has 0 aromatic carbocycles. The molecule has 1 saturated carbocycles. The number of anilines is 1. The van der Waals surface area contributed by atoms with Crippen LogP contribution in [0.15, 0.2) is 12.1 Å². The molecule has 4 nitrogen and oxygen atoms in total. The zero-order valence-corrected chi connectivity index (χ0v) is 13.8. The van der Waals surface area contributed by atoms with Gasteiger partial charge in [-0.05, 0) is 44.4 Å². The van der Waals surface area contributed by atoms with E-state index in [4.69, 9.17) is 16.3 Å². The van der Waals surface area contributed by atoms with E-state index in [1.54, 1.807) is 0 Å². The SMILES string of the molecule is CCCNc1ccc(Cl)c(CN(C)CCOCC2CC2)n1. The number of ether oxygens (including phenoxy) is 1. The van der Waals surface area contributed by atoms with Crippen LogP contribution >= 0.6 is 11.6 Å². The van der Waals surface area contributed by atoms with Gasteiger partial charge < -0.3 is 10.1 Å². The maximum Gasteiger partial charge on any atom is 0.126 e. The van der Waals surface area contributed by atoms with Crippen LogP contribution < -0.4 is 5.32 Å². The van der Waals surface area contributed by atoms with Crippen molar-refractivity contribution in [2.24, 2.45) is 5.92 Å². The fourth-order valence-electron chi connectivity index (χ4n) is 2.04. The number of rotatable bonds is 10. The Kier molecular flexibility index (Phi) is 6.74. The average molecular weight is 312 g/mol. The van der Waals surface area contributed by atoms with Crippen molar-refractivity contribution in [2.45, 2.75) is 32.7 Å². The van der Waals surface area contributed by atoms with Crippen LogP contribution in [0, 0.1) is 5.92 Å². The van der Waals surface area contributed by atoms with E-state index in [0.29, 0.717) is 0 Å². The van der Waals surface area contributed by atoms with Gasteiger partial charge >= 0.3 is 0 Å². The van der Waals surface area contributed by atoms with Crippen LogP contribution in [0.2, 0.25) is 5.02 Å². The summed E-state index contributed by atoms with van der Waals surface area (Å²) in [5, 5.41) is 4.02. The van der Waals surface area contributed by atoms with Crippen molar-refractivity contribution in [1.82, 2.24) is 9.88 Å². The first-order valence-electron chi connectivity index (χ1n) is 7.84. The zero-order valence-electron chi connectivity index (χ0n) is 13.1. The Morgan fingerprint density at radius 3 is 2.95 bits per heavy atom. The van der Waals surface area contributed by atoms with Crippen molar-refractivity contribution < 1.29 is 4.74 Å². The second kappa shape index (κ2) is 8.57. The van der Waals surface area contributed by atoms with Crippen LogP contribution in [-0.4, -0.2) is 43.2 Å². The van der Waals surface area contributed by atoms with Crippen LogP contribution in [0.1, 0.15) is 31.9 Å². The lowest BCUT2D eigenvalue weighted by Gasteiger charge is -2.17. The minimum atomic E-state index is 0.725. The fourth-order valence-corrected chi connectivity index (χ4v) is 2.20. The molecule has 5 heteroatoms. The molecule has 1 heterocycles. The molecule has 0 unspecified atom stereocenters. The Morgan fingerprint density at radius 2 is 2.24 bits per heavy atom. The minimum Gasteiger partial charge on any atom is -0.380 e. The molecule has 1 N–H and O–H groups in total. The van der Waals surface area contributed by atoms with Gasteiger partial charge in [-0.25, -0.2) is 4.98 Å². The quantitative estimate of drug-likeness (QED) is 0.672. The summed E-state index contributed by atoms with van der Waals surface area (Å²) in [4.78, 5) is 6.79. The predicted octanol–water partition coefficient (Wildman–Crippen LogP) is 3.42. The highest BCUT2D eigenvalue weighted by atomic mass is 35.5. The summed E-state index contributed by atoms with van der Waals surface area (Å²) in [6.45, 7) is 6.41. The topological polar surface area (TPSA) is 37.4 Å². The maximum absolute atomic E-state index is 6.24. The van der Waals surface area contributed by atoms with Gasteiger partial charge in [-0.3, -0.25) is 4.90 Å². The van der Waals surface area contributed by atoms with E-state index in [1.165, 1.54) is 12.8 Å². The Morgan fingerprint density at radius 1 is 1.43 bits per heavy atom. The van der Waals surface area contributed by atoms with E-state index in [2.05, 4.69) is 29.2 Å². The largest absolute Gasteiger partial charge is 0.380 e. The Hall–Kier alpha value is -0.840. The van der Waals surface area contributed by atoms with Gasteiger partial charge in [0.15, 0.2) is 0 Å². The third kappa shape index (κ3) is 6.20. The van der Waals surface area contributed by atoms with Gasteiger partial charge in [0.2, 0.25) is 0 Å². The average Bonchev–Trinajstić information content (AvgIpc) is 3.28. The van der Waals surface area contributed by atoms with Gasteiger partial charge in [-0.1, -0.05) is 18.5 Å². The molecule has 0 amide bonds. The number of pyridine rings is 1. The normalized spacial score (nSPS) is 14.7. The molecule has 0 spiro atoms. The second-order valence-electron chi connectivity index (χ2n) is 5.81. The van der Waals surface area contributed by atoms with Crippen LogP contribution in [0.25, 0.3) is 0 Å². The molecular weight excluding hydrogens is 286 g/mol. The molecule has 0 radical (unpaired) electrons. The summed E-state index contributed by atoms with van der Waals surface area (Å²) in [6, 6.07) is 3.85. The van der Waals surface area contributed by atoms with Gasteiger partial charge in [0.1, 0.15) is 5.82 Å². The monoisotopic (exact) mass is 311 g/mol. The minimum absolute atomic E-state index is 0.725. The van der Waals surface area contributed by atoms with E-state index in [9.17, 15) is 0 Å². The first-order valence-corrected chi connectivity index (χ1v) is 8.22. The Labute approximate surface area is 132 Å². The van der Waals surface area contributed by atoms with E-state index < -0.39 is 0 Å². The summed E-state index contributed by atoms with van der Waals surface area (Å²) in [5.74, 6) is 1.72. The zero-order chi connectivity index (χ0) is 15.1. The van der Waals surface area contributed by atoms with Crippen LogP contribution in [0.5, 0.6) is 0 Å². The molecule has 0 saturated heterocycles. The molecule has 1 fully saturated rings. The predicted molar refractivity (Wildman–Crippen MR) is 87.9 cm³/mol. The first kappa shape index (κ1) is 16.5. The van der Waals surface area contributed by atoms with Gasteiger partial charge in [-0.15, -0.1) is 0 Å². The number of aromatic nitrogens is 1. The van der Waals surface area contributed by atoms with E-state index in [0.717, 1.165) is 61.7 Å². The standard InChI is InChI=1S/C16H26ClN3O/c1-3-8-18-16-7-6-14(17)15(19-16)11-20(2)9-10-21-12-13-4-5-13/h6-7,13H,3-5,8-12H2,1-2H3,(H,18,19).